The molecule has 0 spiro atoms. The van der Waals surface area contributed by atoms with Crippen LogP contribution in [-0.4, -0.2) is 41.3 Å². The summed E-state index contributed by atoms with van der Waals surface area (Å²) in [6.07, 6.45) is -0.199. The number of ketones is 1. The van der Waals surface area contributed by atoms with Crippen molar-refractivity contribution in [3.05, 3.63) is 59.2 Å². The number of carboxylic acid groups (broad SMARTS) is 1. The summed E-state index contributed by atoms with van der Waals surface area (Å²) in [5.41, 5.74) is 2.61. The number of rotatable bonds is 7. The highest BCUT2D eigenvalue weighted by molar-refractivity contribution is 6.24. The van der Waals surface area contributed by atoms with Crippen LogP contribution in [0, 0.1) is 5.92 Å². The monoisotopic (exact) mass is 394 g/mol. The molecule has 0 heterocycles. The SMILES string of the molecule is CC(C)C(NC(=O)c1cccc2c1-c1ccccc1C2=O)C(=O)NCCC(=O)O. The predicted molar refractivity (Wildman–Crippen MR) is 107 cm³/mol. The van der Waals surface area contributed by atoms with Crippen LogP contribution in [0.15, 0.2) is 42.5 Å². The predicted octanol–water partition coefficient (Wildman–Crippen LogP) is 2.24. The average Bonchev–Trinajstić information content (AvgIpc) is 2.98. The highest BCUT2D eigenvalue weighted by atomic mass is 16.4. The number of carbonyl (C=O) groups excluding carboxylic acids is 3. The zero-order chi connectivity index (χ0) is 21.1. The lowest BCUT2D eigenvalue weighted by molar-refractivity contribution is -0.137. The van der Waals surface area contributed by atoms with Crippen molar-refractivity contribution in [3.8, 4) is 11.1 Å². The van der Waals surface area contributed by atoms with Gasteiger partial charge in [0.05, 0.1) is 6.42 Å². The van der Waals surface area contributed by atoms with Gasteiger partial charge in [0.15, 0.2) is 5.78 Å². The van der Waals surface area contributed by atoms with Crippen LogP contribution in [0.25, 0.3) is 11.1 Å². The first-order valence-electron chi connectivity index (χ1n) is 9.38. The maximum atomic E-state index is 13.0. The number of carboxylic acids is 1. The second-order valence-electron chi connectivity index (χ2n) is 7.23. The Morgan fingerprint density at radius 1 is 0.966 bits per heavy atom. The molecule has 2 aromatic rings. The van der Waals surface area contributed by atoms with Gasteiger partial charge in [-0.3, -0.25) is 19.2 Å². The van der Waals surface area contributed by atoms with E-state index in [1.165, 1.54) is 0 Å². The van der Waals surface area contributed by atoms with E-state index in [4.69, 9.17) is 5.11 Å². The summed E-state index contributed by atoms with van der Waals surface area (Å²) in [5.74, 6) is -2.26. The van der Waals surface area contributed by atoms with Crippen LogP contribution in [0.4, 0.5) is 0 Å². The van der Waals surface area contributed by atoms with Gasteiger partial charge in [-0.1, -0.05) is 50.2 Å². The molecule has 7 nitrogen and oxygen atoms in total. The Balaban J connectivity index is 1.86. The molecule has 1 aliphatic rings. The van der Waals surface area contributed by atoms with Crippen molar-refractivity contribution < 1.29 is 24.3 Å². The van der Waals surface area contributed by atoms with Crippen molar-refractivity contribution in [1.82, 2.24) is 10.6 Å². The molecule has 7 heteroatoms. The Kier molecular flexibility index (Phi) is 5.77. The van der Waals surface area contributed by atoms with Gasteiger partial charge < -0.3 is 15.7 Å². The number of hydrogen-bond acceptors (Lipinski definition) is 4. The van der Waals surface area contributed by atoms with E-state index in [1.54, 1.807) is 50.2 Å². The van der Waals surface area contributed by atoms with Crippen molar-refractivity contribution >= 4 is 23.6 Å². The molecule has 0 saturated heterocycles. The molecule has 1 atom stereocenters. The fraction of sp³-hybridized carbons (Fsp3) is 0.273. The van der Waals surface area contributed by atoms with Crippen molar-refractivity contribution in [2.75, 3.05) is 6.54 Å². The van der Waals surface area contributed by atoms with E-state index in [0.29, 0.717) is 27.8 Å². The number of carbonyl (C=O) groups is 4. The molecule has 150 valence electrons. The van der Waals surface area contributed by atoms with Gasteiger partial charge in [-0.05, 0) is 17.5 Å². The number of nitrogens with one attached hydrogen (secondary N) is 2. The van der Waals surface area contributed by atoms with Gasteiger partial charge in [-0.2, -0.15) is 0 Å². The first-order chi connectivity index (χ1) is 13.8. The van der Waals surface area contributed by atoms with Gasteiger partial charge >= 0.3 is 5.97 Å². The summed E-state index contributed by atoms with van der Waals surface area (Å²) >= 11 is 0. The van der Waals surface area contributed by atoms with E-state index in [2.05, 4.69) is 10.6 Å². The standard InChI is InChI=1S/C22H22N2O5/c1-12(2)19(22(29)23-11-10-17(25)26)24-21(28)16-9-5-8-15-18(16)13-6-3-4-7-14(13)20(15)27/h3-9,12,19H,10-11H2,1-2H3,(H,23,29)(H,24,28)(H,25,26). The third-order valence-electron chi connectivity index (χ3n) is 4.87. The Hall–Kier alpha value is -3.48. The summed E-state index contributed by atoms with van der Waals surface area (Å²) in [4.78, 5) is 48.7. The van der Waals surface area contributed by atoms with Gasteiger partial charge in [-0.15, -0.1) is 0 Å². The van der Waals surface area contributed by atoms with Crippen LogP contribution in [0.5, 0.6) is 0 Å². The van der Waals surface area contributed by atoms with Gasteiger partial charge in [-0.25, -0.2) is 0 Å². The summed E-state index contributed by atoms with van der Waals surface area (Å²) in [6, 6.07) is 11.2. The summed E-state index contributed by atoms with van der Waals surface area (Å²) < 4.78 is 0. The smallest absolute Gasteiger partial charge is 0.305 e. The summed E-state index contributed by atoms with van der Waals surface area (Å²) in [7, 11) is 0. The van der Waals surface area contributed by atoms with Crippen LogP contribution in [-0.2, 0) is 9.59 Å². The molecule has 29 heavy (non-hydrogen) atoms. The fourth-order valence-electron chi connectivity index (χ4n) is 3.42. The molecular formula is C22H22N2O5. The minimum atomic E-state index is -1.02. The van der Waals surface area contributed by atoms with E-state index in [9.17, 15) is 19.2 Å². The Morgan fingerprint density at radius 3 is 2.28 bits per heavy atom. The highest BCUT2D eigenvalue weighted by Crippen LogP contribution is 2.38. The maximum Gasteiger partial charge on any atom is 0.305 e. The highest BCUT2D eigenvalue weighted by Gasteiger charge is 2.32. The molecule has 3 N–H and O–H groups in total. The largest absolute Gasteiger partial charge is 0.481 e. The molecular weight excluding hydrogens is 372 g/mol. The van der Waals surface area contributed by atoms with E-state index >= 15 is 0 Å². The molecule has 0 aromatic heterocycles. The van der Waals surface area contributed by atoms with Crippen molar-refractivity contribution in [3.63, 3.8) is 0 Å². The zero-order valence-corrected chi connectivity index (χ0v) is 16.2. The second kappa shape index (κ2) is 8.26. The van der Waals surface area contributed by atoms with Gasteiger partial charge in [0.25, 0.3) is 5.91 Å². The molecule has 2 amide bonds. The van der Waals surface area contributed by atoms with Crippen LogP contribution in [0.1, 0.15) is 46.5 Å². The van der Waals surface area contributed by atoms with Gasteiger partial charge in [0.2, 0.25) is 5.91 Å². The first-order valence-corrected chi connectivity index (χ1v) is 9.38. The lowest BCUT2D eigenvalue weighted by Gasteiger charge is -2.22. The molecule has 0 aliphatic heterocycles. The number of fused-ring (bicyclic) bond motifs is 3. The van der Waals surface area contributed by atoms with E-state index in [-0.39, 0.29) is 24.7 Å². The Morgan fingerprint density at radius 2 is 1.62 bits per heavy atom. The molecule has 1 unspecified atom stereocenters. The van der Waals surface area contributed by atoms with Crippen LogP contribution in [0.3, 0.4) is 0 Å². The molecule has 2 aromatic carbocycles. The molecule has 0 bridgehead atoms. The Bertz CT molecular complexity index is 996. The third kappa shape index (κ3) is 4.03. The number of hydrogen-bond donors (Lipinski definition) is 3. The second-order valence-corrected chi connectivity index (χ2v) is 7.23. The minimum Gasteiger partial charge on any atom is -0.481 e. The summed E-state index contributed by atoms with van der Waals surface area (Å²) in [6.45, 7) is 3.56. The van der Waals surface area contributed by atoms with E-state index in [1.807, 2.05) is 6.07 Å². The van der Waals surface area contributed by atoms with Crippen molar-refractivity contribution in [2.45, 2.75) is 26.3 Å². The first kappa shape index (κ1) is 20.3. The molecule has 3 rings (SSSR count). The zero-order valence-electron chi connectivity index (χ0n) is 16.2. The number of aliphatic carboxylic acids is 1. The maximum absolute atomic E-state index is 13.0. The lowest BCUT2D eigenvalue weighted by Crippen LogP contribution is -2.50. The number of benzene rings is 2. The van der Waals surface area contributed by atoms with E-state index in [0.717, 1.165) is 0 Å². The van der Waals surface area contributed by atoms with Crippen LogP contribution in [0.2, 0.25) is 0 Å². The van der Waals surface area contributed by atoms with E-state index < -0.39 is 23.8 Å². The van der Waals surface area contributed by atoms with Crippen LogP contribution >= 0.6 is 0 Å². The average molecular weight is 394 g/mol. The van der Waals surface area contributed by atoms with Crippen LogP contribution < -0.4 is 10.6 Å². The molecule has 0 radical (unpaired) electrons. The molecule has 1 aliphatic carbocycles. The molecule has 0 saturated carbocycles. The number of amides is 2. The van der Waals surface area contributed by atoms with Gasteiger partial charge in [0.1, 0.15) is 6.04 Å². The lowest BCUT2D eigenvalue weighted by atomic mass is 9.97. The third-order valence-corrected chi connectivity index (χ3v) is 4.87. The van der Waals surface area contributed by atoms with Crippen molar-refractivity contribution in [1.29, 1.82) is 0 Å². The minimum absolute atomic E-state index is 0.0180. The fourth-order valence-corrected chi connectivity index (χ4v) is 3.42. The quantitative estimate of drug-likeness (QED) is 0.569. The topological polar surface area (TPSA) is 113 Å². The summed E-state index contributed by atoms with van der Waals surface area (Å²) in [5, 5.41) is 14.0. The Labute approximate surface area is 168 Å². The van der Waals surface area contributed by atoms with Crippen molar-refractivity contribution in [2.24, 2.45) is 5.92 Å². The normalized spacial score (nSPS) is 12.9. The molecule has 0 fully saturated rings. The van der Waals surface area contributed by atoms with Gasteiger partial charge in [0, 0.05) is 28.8 Å².